The van der Waals surface area contributed by atoms with Gasteiger partial charge in [-0.3, -0.25) is 9.59 Å². The second-order valence-electron chi connectivity index (χ2n) is 9.37. The fourth-order valence-corrected chi connectivity index (χ4v) is 7.74. The monoisotopic (exact) mass is 432 g/mol. The lowest BCUT2D eigenvalue weighted by atomic mass is 9.48. The van der Waals surface area contributed by atoms with E-state index >= 15 is 0 Å². The molecule has 2 atom stereocenters. The van der Waals surface area contributed by atoms with Gasteiger partial charge in [0.2, 0.25) is 11.8 Å². The topological polar surface area (TPSA) is 49.4 Å². The minimum absolute atomic E-state index is 0.0207. The molecule has 4 aliphatic rings. The van der Waals surface area contributed by atoms with Crippen LogP contribution < -0.4 is 5.32 Å². The van der Waals surface area contributed by atoms with Crippen LogP contribution in [0, 0.1) is 17.3 Å². The van der Waals surface area contributed by atoms with E-state index in [9.17, 15) is 9.59 Å². The fourth-order valence-electron chi connectivity index (χ4n) is 6.22. The number of anilines is 1. The Balaban J connectivity index is 1.45. The van der Waals surface area contributed by atoms with Crippen LogP contribution in [0.15, 0.2) is 24.3 Å². The maximum Gasteiger partial charge on any atom is 0.224 e. The first-order valence-corrected chi connectivity index (χ1v) is 10.8. The van der Waals surface area contributed by atoms with Gasteiger partial charge in [-0.25, -0.2) is 0 Å². The highest BCUT2D eigenvalue weighted by molar-refractivity contribution is 9.10. The Hall–Kier alpha value is -1.36. The van der Waals surface area contributed by atoms with E-state index in [1.54, 1.807) is 18.9 Å². The van der Waals surface area contributed by atoms with Gasteiger partial charge in [0.15, 0.2) is 0 Å². The molecule has 5 rings (SSSR count). The Kier molecular flexibility index (Phi) is 4.86. The van der Waals surface area contributed by atoms with Gasteiger partial charge in [0, 0.05) is 36.9 Å². The van der Waals surface area contributed by atoms with Crippen molar-refractivity contribution in [2.24, 2.45) is 17.3 Å². The number of benzene rings is 1. The standard InChI is InChI=1S/C22H29BrN2O2/c1-15(26)25(2)13-18-5-3-4-6-19(18)24-20(27)12-21-8-16-7-17(9-21)11-22(23,10-16)14-21/h3-6,16-17H,7-14H2,1-2H3,(H,24,27). The minimum atomic E-state index is 0.0207. The number of hydrogen-bond acceptors (Lipinski definition) is 2. The minimum Gasteiger partial charge on any atom is -0.342 e. The van der Waals surface area contributed by atoms with Crippen molar-refractivity contribution in [2.75, 3.05) is 12.4 Å². The molecule has 2 amide bonds. The maximum atomic E-state index is 13.0. The fraction of sp³-hybridized carbons (Fsp3) is 0.636. The zero-order valence-corrected chi connectivity index (χ0v) is 17.8. The average molecular weight is 433 g/mol. The quantitative estimate of drug-likeness (QED) is 0.683. The molecule has 1 aromatic carbocycles. The first-order chi connectivity index (χ1) is 12.8. The summed E-state index contributed by atoms with van der Waals surface area (Å²) in [6.45, 7) is 2.07. The Morgan fingerprint density at radius 2 is 1.85 bits per heavy atom. The number of para-hydroxylation sites is 1. The number of nitrogens with one attached hydrogen (secondary N) is 1. The molecule has 146 valence electrons. The van der Waals surface area contributed by atoms with E-state index in [4.69, 9.17) is 0 Å². The normalized spacial score (nSPS) is 33.7. The summed E-state index contributed by atoms with van der Waals surface area (Å²) in [6, 6.07) is 7.80. The van der Waals surface area contributed by atoms with E-state index in [1.165, 1.54) is 32.1 Å². The van der Waals surface area contributed by atoms with E-state index in [0.29, 0.717) is 13.0 Å². The lowest BCUT2D eigenvalue weighted by molar-refractivity contribution is -0.128. The van der Waals surface area contributed by atoms with Gasteiger partial charge in [-0.15, -0.1) is 0 Å². The number of rotatable bonds is 5. The molecular formula is C22H29BrN2O2. The molecule has 0 heterocycles. The van der Waals surface area contributed by atoms with E-state index < -0.39 is 0 Å². The van der Waals surface area contributed by atoms with Crippen molar-refractivity contribution in [2.45, 2.75) is 62.7 Å². The van der Waals surface area contributed by atoms with Gasteiger partial charge >= 0.3 is 0 Å². The summed E-state index contributed by atoms with van der Waals surface area (Å²) in [6.07, 6.45) is 8.09. The van der Waals surface area contributed by atoms with Crippen LogP contribution in [0.2, 0.25) is 0 Å². The van der Waals surface area contributed by atoms with E-state index in [1.807, 2.05) is 24.3 Å². The summed E-state index contributed by atoms with van der Waals surface area (Å²) in [5.41, 5.74) is 1.97. The summed E-state index contributed by atoms with van der Waals surface area (Å²) in [5, 5.41) is 3.15. The molecule has 27 heavy (non-hydrogen) atoms. The maximum absolute atomic E-state index is 13.0. The molecule has 1 N–H and O–H groups in total. The van der Waals surface area contributed by atoms with Crippen molar-refractivity contribution in [1.29, 1.82) is 0 Å². The zero-order chi connectivity index (χ0) is 19.2. The Bertz CT molecular complexity index is 748. The first-order valence-electron chi connectivity index (χ1n) is 10.0. The predicted octanol–water partition coefficient (Wildman–Crippen LogP) is 4.73. The van der Waals surface area contributed by atoms with Crippen LogP contribution in [0.4, 0.5) is 5.69 Å². The van der Waals surface area contributed by atoms with Crippen LogP contribution in [-0.4, -0.2) is 28.1 Å². The molecule has 4 aliphatic carbocycles. The summed E-state index contributed by atoms with van der Waals surface area (Å²) in [7, 11) is 1.78. The van der Waals surface area contributed by atoms with Gasteiger partial charge in [-0.2, -0.15) is 0 Å². The van der Waals surface area contributed by atoms with E-state index in [0.717, 1.165) is 29.5 Å². The third kappa shape index (κ3) is 3.94. The molecule has 1 aromatic rings. The van der Waals surface area contributed by atoms with Crippen LogP contribution in [0.1, 0.15) is 57.4 Å². The number of amides is 2. The van der Waals surface area contributed by atoms with Gasteiger partial charge in [0.1, 0.15) is 0 Å². The summed E-state index contributed by atoms with van der Waals surface area (Å²) in [5.74, 6) is 1.71. The molecule has 0 aromatic heterocycles. The number of carbonyl (C=O) groups is 2. The second-order valence-corrected chi connectivity index (χ2v) is 11.1. The van der Waals surface area contributed by atoms with Crippen molar-refractivity contribution < 1.29 is 9.59 Å². The molecule has 4 bridgehead atoms. The summed E-state index contributed by atoms with van der Waals surface area (Å²) in [4.78, 5) is 26.2. The highest BCUT2D eigenvalue weighted by Gasteiger charge is 2.57. The molecule has 5 heteroatoms. The molecule has 0 saturated heterocycles. The number of halogens is 1. The van der Waals surface area contributed by atoms with Gasteiger partial charge in [0.05, 0.1) is 0 Å². The Morgan fingerprint density at radius 3 is 2.48 bits per heavy atom. The van der Waals surface area contributed by atoms with Crippen molar-refractivity contribution in [3.63, 3.8) is 0 Å². The largest absolute Gasteiger partial charge is 0.342 e. The molecule has 2 unspecified atom stereocenters. The van der Waals surface area contributed by atoms with Crippen LogP contribution in [0.3, 0.4) is 0 Å². The third-order valence-electron chi connectivity index (χ3n) is 6.88. The second kappa shape index (κ2) is 6.91. The predicted molar refractivity (Wildman–Crippen MR) is 111 cm³/mol. The summed E-state index contributed by atoms with van der Waals surface area (Å²) >= 11 is 4.03. The molecule has 4 nitrogen and oxygen atoms in total. The SMILES string of the molecule is CC(=O)N(C)Cc1ccccc1NC(=O)CC12CC3CC(CC(Br)(C3)C1)C2. The van der Waals surface area contributed by atoms with Crippen LogP contribution in [0.25, 0.3) is 0 Å². The molecule has 0 aliphatic heterocycles. The van der Waals surface area contributed by atoms with Crippen LogP contribution in [0.5, 0.6) is 0 Å². The van der Waals surface area contributed by atoms with Crippen molar-refractivity contribution in [3.05, 3.63) is 29.8 Å². The highest BCUT2D eigenvalue weighted by atomic mass is 79.9. The molecule has 0 radical (unpaired) electrons. The van der Waals surface area contributed by atoms with E-state index in [-0.39, 0.29) is 21.6 Å². The van der Waals surface area contributed by atoms with Crippen molar-refractivity contribution >= 4 is 33.4 Å². The van der Waals surface area contributed by atoms with Gasteiger partial charge in [-0.1, -0.05) is 34.1 Å². The highest BCUT2D eigenvalue weighted by Crippen LogP contribution is 2.65. The first kappa shape index (κ1) is 19.0. The zero-order valence-electron chi connectivity index (χ0n) is 16.3. The van der Waals surface area contributed by atoms with Crippen molar-refractivity contribution in [1.82, 2.24) is 4.90 Å². The van der Waals surface area contributed by atoms with Gasteiger partial charge in [-0.05, 0) is 67.4 Å². The molecule has 4 saturated carbocycles. The summed E-state index contributed by atoms with van der Waals surface area (Å²) < 4.78 is 0.277. The number of nitrogens with zero attached hydrogens (tertiary/aromatic N) is 1. The van der Waals surface area contributed by atoms with Crippen LogP contribution >= 0.6 is 15.9 Å². The third-order valence-corrected chi connectivity index (χ3v) is 7.81. The van der Waals surface area contributed by atoms with E-state index in [2.05, 4.69) is 21.2 Å². The number of hydrogen-bond donors (Lipinski definition) is 1. The molecular weight excluding hydrogens is 404 g/mol. The molecule has 4 fully saturated rings. The average Bonchev–Trinajstić information content (AvgIpc) is 2.53. The van der Waals surface area contributed by atoms with Gasteiger partial charge < -0.3 is 10.2 Å². The Morgan fingerprint density at radius 1 is 1.19 bits per heavy atom. The lowest BCUT2D eigenvalue weighted by Gasteiger charge is -2.60. The molecule has 0 spiro atoms. The lowest BCUT2D eigenvalue weighted by Crippen LogP contribution is -2.53. The van der Waals surface area contributed by atoms with Gasteiger partial charge in [0.25, 0.3) is 0 Å². The Labute approximate surface area is 170 Å². The van der Waals surface area contributed by atoms with Crippen LogP contribution in [-0.2, 0) is 16.1 Å². The number of alkyl halides is 1. The van der Waals surface area contributed by atoms with Crippen molar-refractivity contribution in [3.8, 4) is 0 Å². The number of carbonyl (C=O) groups excluding carboxylic acids is 2. The smallest absolute Gasteiger partial charge is 0.224 e.